The number of hydrogen-bond donors (Lipinski definition) is 0. The normalized spacial score (nSPS) is 19.1. The number of fused-ring (bicyclic) bond motifs is 1. The fourth-order valence-electron chi connectivity index (χ4n) is 2.49. The second-order valence-electron chi connectivity index (χ2n) is 5.10. The van der Waals surface area contributed by atoms with Crippen molar-refractivity contribution in [3.8, 4) is 0 Å². The molecule has 0 bridgehead atoms. The van der Waals surface area contributed by atoms with E-state index in [0.29, 0.717) is 12.2 Å². The molecule has 1 fully saturated rings. The van der Waals surface area contributed by atoms with Crippen LogP contribution < -0.4 is 4.90 Å². The van der Waals surface area contributed by atoms with Crippen LogP contribution in [0.5, 0.6) is 0 Å². The third-order valence-electron chi connectivity index (χ3n) is 3.65. The molecule has 2 aliphatic rings. The van der Waals surface area contributed by atoms with Gasteiger partial charge in [0, 0.05) is 28.8 Å². The highest BCUT2D eigenvalue weighted by atomic mass is 35.7. The molecule has 1 aromatic rings. The third-order valence-corrected chi connectivity index (χ3v) is 5.00. The summed E-state index contributed by atoms with van der Waals surface area (Å²) in [6.45, 7) is 0.661. The molecule has 1 heterocycles. The highest BCUT2D eigenvalue weighted by Gasteiger charge is 2.35. The number of amides is 1. The molecule has 0 saturated heterocycles. The molecule has 0 spiro atoms. The van der Waals surface area contributed by atoms with Gasteiger partial charge in [-0.2, -0.15) is 0 Å². The molecule has 3 rings (SSSR count). The van der Waals surface area contributed by atoms with Crippen molar-refractivity contribution in [3.63, 3.8) is 0 Å². The first-order chi connectivity index (χ1) is 8.97. The highest BCUT2D eigenvalue weighted by Crippen LogP contribution is 2.37. The predicted molar refractivity (Wildman–Crippen MR) is 72.9 cm³/mol. The van der Waals surface area contributed by atoms with Gasteiger partial charge in [-0.15, -0.1) is 0 Å². The van der Waals surface area contributed by atoms with E-state index < -0.39 is 9.05 Å². The quantitative estimate of drug-likeness (QED) is 0.787. The number of aryl methyl sites for hydroxylation is 1. The van der Waals surface area contributed by atoms with Gasteiger partial charge in [0.15, 0.2) is 0 Å². The van der Waals surface area contributed by atoms with Gasteiger partial charge in [-0.1, -0.05) is 6.07 Å². The Balaban J connectivity index is 2.04. The Labute approximate surface area is 116 Å². The van der Waals surface area contributed by atoms with Gasteiger partial charge < -0.3 is 4.90 Å². The van der Waals surface area contributed by atoms with E-state index in [9.17, 15) is 13.2 Å². The molecule has 0 unspecified atom stereocenters. The SMILES string of the molecule is O=C(C1CC1)N1CCCc2ccc(S(=O)(=O)Cl)cc21. The van der Waals surface area contributed by atoms with Crippen molar-refractivity contribution in [3.05, 3.63) is 23.8 Å². The molecule has 1 aliphatic heterocycles. The molecule has 1 amide bonds. The minimum absolute atomic E-state index is 0.0587. The van der Waals surface area contributed by atoms with E-state index in [1.807, 2.05) is 0 Å². The maximum absolute atomic E-state index is 12.2. The van der Waals surface area contributed by atoms with Gasteiger partial charge in [0.05, 0.1) is 4.90 Å². The smallest absolute Gasteiger partial charge is 0.261 e. The second-order valence-corrected chi connectivity index (χ2v) is 7.66. The number of hydrogen-bond acceptors (Lipinski definition) is 3. The second kappa shape index (κ2) is 4.49. The van der Waals surface area contributed by atoms with E-state index >= 15 is 0 Å². The van der Waals surface area contributed by atoms with Crippen LogP contribution in [0.4, 0.5) is 5.69 Å². The Morgan fingerprint density at radius 1 is 1.32 bits per heavy atom. The summed E-state index contributed by atoms with van der Waals surface area (Å²) >= 11 is 0. The zero-order chi connectivity index (χ0) is 13.6. The summed E-state index contributed by atoms with van der Waals surface area (Å²) < 4.78 is 22.8. The molecule has 19 heavy (non-hydrogen) atoms. The van der Waals surface area contributed by atoms with Crippen LogP contribution in [-0.4, -0.2) is 20.9 Å². The number of halogens is 1. The molecule has 4 nitrogen and oxygen atoms in total. The van der Waals surface area contributed by atoms with E-state index in [1.165, 1.54) is 12.1 Å². The van der Waals surface area contributed by atoms with Gasteiger partial charge in [-0.3, -0.25) is 4.79 Å². The van der Waals surface area contributed by atoms with Crippen molar-refractivity contribution >= 4 is 31.3 Å². The Kier molecular flexibility index (Phi) is 3.06. The van der Waals surface area contributed by atoms with Gasteiger partial charge >= 0.3 is 0 Å². The lowest BCUT2D eigenvalue weighted by atomic mass is 10.0. The average Bonchev–Trinajstić information content (AvgIpc) is 3.19. The zero-order valence-electron chi connectivity index (χ0n) is 10.3. The fraction of sp³-hybridized carbons (Fsp3) is 0.462. The minimum Gasteiger partial charge on any atom is -0.312 e. The third kappa shape index (κ3) is 2.49. The summed E-state index contributed by atoms with van der Waals surface area (Å²) in [6, 6.07) is 4.79. The maximum atomic E-state index is 12.2. The Morgan fingerprint density at radius 3 is 2.68 bits per heavy atom. The summed E-state index contributed by atoms with van der Waals surface area (Å²) in [5.41, 5.74) is 1.73. The van der Waals surface area contributed by atoms with Gasteiger partial charge in [-0.05, 0) is 43.4 Å². The van der Waals surface area contributed by atoms with E-state index in [2.05, 4.69) is 0 Å². The summed E-state index contributed by atoms with van der Waals surface area (Å²) in [5, 5.41) is 0. The van der Waals surface area contributed by atoms with Crippen LogP contribution in [0, 0.1) is 5.92 Å². The van der Waals surface area contributed by atoms with Crippen molar-refractivity contribution in [2.75, 3.05) is 11.4 Å². The van der Waals surface area contributed by atoms with Crippen LogP contribution in [0.25, 0.3) is 0 Å². The minimum atomic E-state index is -3.76. The fourth-order valence-corrected chi connectivity index (χ4v) is 3.26. The van der Waals surface area contributed by atoms with Crippen LogP contribution in [0.2, 0.25) is 0 Å². The lowest BCUT2D eigenvalue weighted by Crippen LogP contribution is -2.36. The first-order valence-electron chi connectivity index (χ1n) is 6.36. The standard InChI is InChI=1S/C13H14ClNO3S/c14-19(17,18)11-6-5-9-2-1-7-15(12(9)8-11)13(16)10-3-4-10/h5-6,8,10H,1-4,7H2. The molecule has 1 saturated carbocycles. The van der Waals surface area contributed by atoms with E-state index in [4.69, 9.17) is 10.7 Å². The number of nitrogens with zero attached hydrogens (tertiary/aromatic N) is 1. The monoisotopic (exact) mass is 299 g/mol. The molecule has 1 aliphatic carbocycles. The van der Waals surface area contributed by atoms with Gasteiger partial charge in [0.25, 0.3) is 9.05 Å². The number of carbonyl (C=O) groups excluding carboxylic acids is 1. The zero-order valence-corrected chi connectivity index (χ0v) is 11.9. The number of benzene rings is 1. The summed E-state index contributed by atoms with van der Waals surface area (Å²) in [7, 11) is 1.62. The van der Waals surface area contributed by atoms with Gasteiger partial charge in [0.2, 0.25) is 5.91 Å². The van der Waals surface area contributed by atoms with Gasteiger partial charge in [0.1, 0.15) is 0 Å². The van der Waals surface area contributed by atoms with Crippen LogP contribution >= 0.6 is 10.7 Å². The summed E-state index contributed by atoms with van der Waals surface area (Å²) in [5.74, 6) is 0.243. The molecular formula is C13H14ClNO3S. The van der Waals surface area contributed by atoms with E-state index in [-0.39, 0.29) is 16.7 Å². The summed E-state index contributed by atoms with van der Waals surface area (Å²) in [6.07, 6.45) is 3.67. The van der Waals surface area contributed by atoms with Crippen LogP contribution in [0.3, 0.4) is 0 Å². The topological polar surface area (TPSA) is 54.5 Å². The van der Waals surface area contributed by atoms with Crippen molar-refractivity contribution in [2.45, 2.75) is 30.6 Å². The number of carbonyl (C=O) groups is 1. The maximum Gasteiger partial charge on any atom is 0.261 e. The molecule has 0 N–H and O–H groups in total. The van der Waals surface area contributed by atoms with Crippen LogP contribution in [-0.2, 0) is 20.3 Å². The molecule has 6 heteroatoms. The number of rotatable bonds is 2. The van der Waals surface area contributed by atoms with Crippen molar-refractivity contribution in [1.82, 2.24) is 0 Å². The van der Waals surface area contributed by atoms with E-state index in [0.717, 1.165) is 31.2 Å². The molecule has 0 atom stereocenters. The largest absolute Gasteiger partial charge is 0.312 e. The van der Waals surface area contributed by atoms with Crippen molar-refractivity contribution in [1.29, 1.82) is 0 Å². The molecule has 0 radical (unpaired) electrons. The number of anilines is 1. The first-order valence-corrected chi connectivity index (χ1v) is 8.67. The average molecular weight is 300 g/mol. The molecule has 1 aromatic carbocycles. The predicted octanol–water partition coefficient (Wildman–Crippen LogP) is 2.30. The summed E-state index contributed by atoms with van der Waals surface area (Å²) in [4.78, 5) is 14.0. The Hall–Kier alpha value is -1.07. The van der Waals surface area contributed by atoms with E-state index in [1.54, 1.807) is 11.0 Å². The van der Waals surface area contributed by atoms with Crippen molar-refractivity contribution in [2.24, 2.45) is 5.92 Å². The van der Waals surface area contributed by atoms with Crippen molar-refractivity contribution < 1.29 is 13.2 Å². The lowest BCUT2D eigenvalue weighted by Gasteiger charge is -2.30. The Morgan fingerprint density at radius 2 is 2.05 bits per heavy atom. The van der Waals surface area contributed by atoms with Crippen LogP contribution in [0.1, 0.15) is 24.8 Å². The Bertz CT molecular complexity index is 637. The van der Waals surface area contributed by atoms with Crippen LogP contribution in [0.15, 0.2) is 23.1 Å². The lowest BCUT2D eigenvalue weighted by molar-refractivity contribution is -0.119. The molecular weight excluding hydrogens is 286 g/mol. The first kappa shape index (κ1) is 12.9. The van der Waals surface area contributed by atoms with Gasteiger partial charge in [-0.25, -0.2) is 8.42 Å². The molecule has 0 aromatic heterocycles. The highest BCUT2D eigenvalue weighted by molar-refractivity contribution is 8.13. The molecule has 102 valence electrons.